The average molecular weight is 429 g/mol. The number of nitrogens with zero attached hydrogens (tertiary/aromatic N) is 3. The summed E-state index contributed by atoms with van der Waals surface area (Å²) in [6.07, 6.45) is 11.5. The fourth-order valence-corrected chi connectivity index (χ4v) is 4.56. The Balaban J connectivity index is 1.41. The largest absolute Gasteiger partial charge is 0.367 e. The Morgan fingerprint density at radius 2 is 1.78 bits per heavy atom. The van der Waals surface area contributed by atoms with Crippen molar-refractivity contribution in [2.45, 2.75) is 57.0 Å². The summed E-state index contributed by atoms with van der Waals surface area (Å²) in [4.78, 5) is 25.3. The van der Waals surface area contributed by atoms with Gasteiger partial charge in [-0.15, -0.1) is 0 Å². The smallest absolute Gasteiger partial charge is 0.229 e. The lowest BCUT2D eigenvalue weighted by Crippen LogP contribution is -2.33. The summed E-state index contributed by atoms with van der Waals surface area (Å²) in [5.41, 5.74) is 11.4. The molecule has 2 aromatic heterocycles. The number of pyridine rings is 1. The lowest BCUT2D eigenvalue weighted by atomic mass is 9.90. The molecule has 164 valence electrons. The fraction of sp³-hybridized carbons (Fsp3) is 0.360. The minimum atomic E-state index is 0.301. The third kappa shape index (κ3) is 4.62. The number of carbonyl (C=O) groups excluding carboxylic acids is 1. The van der Waals surface area contributed by atoms with Crippen molar-refractivity contribution in [3.8, 4) is 11.1 Å². The molecule has 1 saturated carbocycles. The van der Waals surface area contributed by atoms with Crippen molar-refractivity contribution in [2.75, 3.05) is 10.6 Å². The molecule has 0 bridgehead atoms. The van der Waals surface area contributed by atoms with Crippen LogP contribution in [0, 0.1) is 0 Å². The Bertz CT molecular complexity index is 1110. The molecular weight excluding hydrogens is 400 g/mol. The second kappa shape index (κ2) is 9.04. The summed E-state index contributed by atoms with van der Waals surface area (Å²) in [6.45, 7) is 0. The van der Waals surface area contributed by atoms with Crippen LogP contribution in [0.5, 0.6) is 0 Å². The molecule has 7 nitrogen and oxygen atoms in total. The third-order valence-corrected chi connectivity index (χ3v) is 6.42. The van der Waals surface area contributed by atoms with E-state index >= 15 is 0 Å². The van der Waals surface area contributed by atoms with Crippen LogP contribution >= 0.6 is 0 Å². The van der Waals surface area contributed by atoms with Gasteiger partial charge in [0, 0.05) is 54.8 Å². The lowest BCUT2D eigenvalue weighted by Gasteiger charge is -2.28. The molecule has 0 saturated heterocycles. The number of benzene rings is 1. The molecule has 0 amide bonds. The summed E-state index contributed by atoms with van der Waals surface area (Å²) >= 11 is 0. The Hall–Kier alpha value is -3.32. The number of hydrogen-bond donors (Lipinski definition) is 3. The van der Waals surface area contributed by atoms with Crippen LogP contribution in [0.1, 0.15) is 43.2 Å². The fourth-order valence-electron chi connectivity index (χ4n) is 4.56. The molecule has 7 heteroatoms. The zero-order valence-electron chi connectivity index (χ0n) is 18.1. The molecule has 0 unspecified atom stereocenters. The highest BCUT2D eigenvalue weighted by Gasteiger charge is 2.21. The molecule has 1 fully saturated rings. The van der Waals surface area contributed by atoms with E-state index in [2.05, 4.69) is 26.7 Å². The molecule has 0 atom stereocenters. The number of anilines is 3. The third-order valence-electron chi connectivity index (χ3n) is 6.42. The number of Topliss-reactive ketones (excluding diaryl/α,β-unsaturated/α-hetero) is 1. The van der Waals surface area contributed by atoms with Crippen LogP contribution in [-0.4, -0.2) is 32.8 Å². The highest BCUT2D eigenvalue weighted by Crippen LogP contribution is 2.30. The first-order valence-electron chi connectivity index (χ1n) is 11.3. The Labute approximate surface area is 187 Å². The lowest BCUT2D eigenvalue weighted by molar-refractivity contribution is -0.118. The standard InChI is InChI=1S/C25H28N6O/c26-19-3-6-20(7-4-19)29-24-23(16-9-11-27-12-10-16)15-28-25(31-24)30-21-5-1-18-14-22(32)8-2-17(18)13-21/h1,5,9-13,15,19-20H,2-4,6-8,14,26H2,(H2,28,29,30,31). The number of rotatable bonds is 5. The minimum absolute atomic E-state index is 0.301. The van der Waals surface area contributed by atoms with Crippen LogP contribution in [0.2, 0.25) is 0 Å². The maximum atomic E-state index is 11.7. The van der Waals surface area contributed by atoms with E-state index in [0.29, 0.717) is 36.7 Å². The van der Waals surface area contributed by atoms with Crippen LogP contribution in [-0.2, 0) is 17.6 Å². The molecule has 2 aliphatic carbocycles. The predicted octanol–water partition coefficient (Wildman–Crippen LogP) is 4.02. The van der Waals surface area contributed by atoms with Crippen molar-refractivity contribution in [2.24, 2.45) is 5.73 Å². The van der Waals surface area contributed by atoms with E-state index in [1.165, 1.54) is 5.56 Å². The topological polar surface area (TPSA) is 106 Å². The number of aromatic nitrogens is 3. The summed E-state index contributed by atoms with van der Waals surface area (Å²) in [5.74, 6) is 1.68. The monoisotopic (exact) mass is 428 g/mol. The minimum Gasteiger partial charge on any atom is -0.367 e. The Kier molecular flexibility index (Phi) is 5.81. The molecule has 0 aliphatic heterocycles. The molecule has 1 aromatic carbocycles. The van der Waals surface area contributed by atoms with Crippen LogP contribution in [0.25, 0.3) is 11.1 Å². The van der Waals surface area contributed by atoms with Crippen molar-refractivity contribution in [3.63, 3.8) is 0 Å². The first-order valence-corrected chi connectivity index (χ1v) is 11.3. The van der Waals surface area contributed by atoms with Crippen LogP contribution in [0.15, 0.2) is 48.9 Å². The van der Waals surface area contributed by atoms with Gasteiger partial charge in [-0.05, 0) is 73.1 Å². The van der Waals surface area contributed by atoms with E-state index in [1.807, 2.05) is 30.5 Å². The van der Waals surface area contributed by atoms with Gasteiger partial charge in [0.05, 0.1) is 0 Å². The van der Waals surface area contributed by atoms with Gasteiger partial charge in [0.1, 0.15) is 11.6 Å². The summed E-state index contributed by atoms with van der Waals surface area (Å²) in [7, 11) is 0. The van der Waals surface area contributed by atoms with E-state index in [9.17, 15) is 4.79 Å². The number of carbonyl (C=O) groups is 1. The second-order valence-electron chi connectivity index (χ2n) is 8.77. The summed E-state index contributed by atoms with van der Waals surface area (Å²) < 4.78 is 0. The molecule has 2 aliphatic rings. The van der Waals surface area contributed by atoms with Crippen molar-refractivity contribution >= 4 is 23.2 Å². The van der Waals surface area contributed by atoms with E-state index < -0.39 is 0 Å². The van der Waals surface area contributed by atoms with Gasteiger partial charge in [-0.2, -0.15) is 4.98 Å². The number of ketones is 1. The normalized spacial score (nSPS) is 20.5. The molecule has 0 radical (unpaired) electrons. The van der Waals surface area contributed by atoms with Crippen LogP contribution in [0.3, 0.4) is 0 Å². The Morgan fingerprint density at radius 3 is 2.59 bits per heavy atom. The van der Waals surface area contributed by atoms with Gasteiger partial charge in [0.15, 0.2) is 0 Å². The molecule has 3 aromatic rings. The number of nitrogens with two attached hydrogens (primary N) is 1. The van der Waals surface area contributed by atoms with Gasteiger partial charge >= 0.3 is 0 Å². The number of aryl methyl sites for hydroxylation is 1. The molecule has 32 heavy (non-hydrogen) atoms. The molecule has 0 spiro atoms. The van der Waals surface area contributed by atoms with Gasteiger partial charge in [0.2, 0.25) is 5.95 Å². The van der Waals surface area contributed by atoms with Crippen molar-refractivity contribution in [3.05, 3.63) is 60.0 Å². The first-order chi connectivity index (χ1) is 15.6. The summed E-state index contributed by atoms with van der Waals surface area (Å²) in [6, 6.07) is 10.7. The highest BCUT2D eigenvalue weighted by atomic mass is 16.1. The zero-order chi connectivity index (χ0) is 21.9. The van der Waals surface area contributed by atoms with Gasteiger partial charge in [-0.3, -0.25) is 9.78 Å². The second-order valence-corrected chi connectivity index (χ2v) is 8.77. The maximum absolute atomic E-state index is 11.7. The Morgan fingerprint density at radius 1 is 0.969 bits per heavy atom. The van der Waals surface area contributed by atoms with Crippen molar-refractivity contribution < 1.29 is 4.79 Å². The van der Waals surface area contributed by atoms with Gasteiger partial charge < -0.3 is 16.4 Å². The van der Waals surface area contributed by atoms with E-state index in [4.69, 9.17) is 10.7 Å². The van der Waals surface area contributed by atoms with Crippen LogP contribution in [0.4, 0.5) is 17.5 Å². The molecule has 2 heterocycles. The van der Waals surface area contributed by atoms with Crippen molar-refractivity contribution in [1.82, 2.24) is 15.0 Å². The maximum Gasteiger partial charge on any atom is 0.229 e. The van der Waals surface area contributed by atoms with Gasteiger partial charge in [-0.25, -0.2) is 4.98 Å². The number of fused-ring (bicyclic) bond motifs is 1. The quantitative estimate of drug-likeness (QED) is 0.563. The van der Waals surface area contributed by atoms with Gasteiger partial charge in [0.25, 0.3) is 0 Å². The number of nitrogens with one attached hydrogen (secondary N) is 2. The number of hydrogen-bond acceptors (Lipinski definition) is 7. The summed E-state index contributed by atoms with van der Waals surface area (Å²) in [5, 5.41) is 6.99. The average Bonchev–Trinajstić information content (AvgIpc) is 2.81. The van der Waals surface area contributed by atoms with E-state index in [0.717, 1.165) is 60.3 Å². The van der Waals surface area contributed by atoms with E-state index in [1.54, 1.807) is 12.4 Å². The van der Waals surface area contributed by atoms with Crippen LogP contribution < -0.4 is 16.4 Å². The molecule has 5 rings (SSSR count). The predicted molar refractivity (Wildman–Crippen MR) is 126 cm³/mol. The van der Waals surface area contributed by atoms with Gasteiger partial charge in [-0.1, -0.05) is 6.07 Å². The molecule has 4 N–H and O–H groups in total. The zero-order valence-corrected chi connectivity index (χ0v) is 18.1. The highest BCUT2D eigenvalue weighted by molar-refractivity contribution is 5.83. The van der Waals surface area contributed by atoms with E-state index in [-0.39, 0.29) is 0 Å². The van der Waals surface area contributed by atoms with Crippen molar-refractivity contribution in [1.29, 1.82) is 0 Å². The molecular formula is C25H28N6O. The SMILES string of the molecule is NC1CCC(Nc2nc(Nc3ccc4c(c3)CCC(=O)C4)ncc2-c2ccncc2)CC1. The first kappa shape index (κ1) is 20.6.